The van der Waals surface area contributed by atoms with Gasteiger partial charge < -0.3 is 0 Å². The molecular weight excluding hydrogens is 248 g/mol. The second-order valence-corrected chi connectivity index (χ2v) is 4.37. The molecule has 0 aliphatic heterocycles. The van der Waals surface area contributed by atoms with Crippen LogP contribution in [0.1, 0.15) is 19.7 Å². The van der Waals surface area contributed by atoms with Gasteiger partial charge in [-0.3, -0.25) is 15.2 Å². The smallest absolute Gasteiger partial charge is 0.248 e. The molecule has 0 radical (unpaired) electrons. The predicted octanol–water partition coefficient (Wildman–Crippen LogP) is 1.47. The summed E-state index contributed by atoms with van der Waals surface area (Å²) in [7, 11) is 0. The molecule has 14 heavy (non-hydrogen) atoms. The van der Waals surface area contributed by atoms with Gasteiger partial charge in [-0.25, -0.2) is 0 Å². The van der Waals surface area contributed by atoms with Gasteiger partial charge in [0.25, 0.3) is 0 Å². The molecule has 0 spiro atoms. The fourth-order valence-corrected chi connectivity index (χ4v) is 0.995. The van der Waals surface area contributed by atoms with E-state index in [1.807, 2.05) is 13.8 Å². The van der Waals surface area contributed by atoms with E-state index in [4.69, 9.17) is 0 Å². The Kier molecular flexibility index (Phi) is 3.62. The standard InChI is InChI=1S/C8H13BrN4O/c1-4(2)6(9)7(14)11-8-10-5(3)12-13-8/h4,6H,1-3H3,(H2,10,11,12,13,14). The highest BCUT2D eigenvalue weighted by atomic mass is 79.9. The minimum Gasteiger partial charge on any atom is -0.292 e. The Balaban J connectivity index is 2.57. The Labute approximate surface area is 90.8 Å². The molecule has 6 heteroatoms. The van der Waals surface area contributed by atoms with Crippen molar-refractivity contribution in [3.8, 4) is 0 Å². The molecule has 1 atom stereocenters. The van der Waals surface area contributed by atoms with Crippen molar-refractivity contribution in [3.05, 3.63) is 5.82 Å². The number of carbonyl (C=O) groups excluding carboxylic acids is 1. The highest BCUT2D eigenvalue weighted by Crippen LogP contribution is 2.13. The number of alkyl halides is 1. The number of hydrogen-bond acceptors (Lipinski definition) is 3. The summed E-state index contributed by atoms with van der Waals surface area (Å²) in [6.07, 6.45) is 0. The third-order valence-electron chi connectivity index (χ3n) is 1.67. The van der Waals surface area contributed by atoms with E-state index in [2.05, 4.69) is 36.4 Å². The Morgan fingerprint density at radius 2 is 2.21 bits per heavy atom. The SMILES string of the molecule is Cc1nc(NC(=O)C(Br)C(C)C)n[nH]1. The summed E-state index contributed by atoms with van der Waals surface area (Å²) in [4.78, 5) is 15.3. The third-order valence-corrected chi connectivity index (χ3v) is 3.14. The maximum Gasteiger partial charge on any atom is 0.248 e. The lowest BCUT2D eigenvalue weighted by atomic mass is 10.1. The number of nitrogens with zero attached hydrogens (tertiary/aromatic N) is 2. The van der Waals surface area contributed by atoms with Crippen LogP contribution < -0.4 is 5.32 Å². The van der Waals surface area contributed by atoms with Gasteiger partial charge in [-0.05, 0) is 12.8 Å². The maximum absolute atomic E-state index is 11.5. The van der Waals surface area contributed by atoms with Gasteiger partial charge in [0.15, 0.2) is 0 Å². The zero-order valence-electron chi connectivity index (χ0n) is 8.34. The number of aromatic nitrogens is 3. The molecule has 78 valence electrons. The second kappa shape index (κ2) is 4.54. The van der Waals surface area contributed by atoms with Crippen molar-refractivity contribution in [1.29, 1.82) is 0 Å². The molecule has 1 heterocycles. The van der Waals surface area contributed by atoms with Gasteiger partial charge in [0, 0.05) is 0 Å². The summed E-state index contributed by atoms with van der Waals surface area (Å²) < 4.78 is 0. The van der Waals surface area contributed by atoms with E-state index in [1.54, 1.807) is 6.92 Å². The van der Waals surface area contributed by atoms with E-state index in [9.17, 15) is 4.79 Å². The van der Waals surface area contributed by atoms with E-state index in [0.717, 1.165) is 0 Å². The van der Waals surface area contributed by atoms with Crippen molar-refractivity contribution in [3.63, 3.8) is 0 Å². The molecule has 1 aromatic heterocycles. The molecule has 0 aliphatic rings. The number of hydrogen-bond donors (Lipinski definition) is 2. The molecule has 1 rings (SSSR count). The van der Waals surface area contributed by atoms with Gasteiger partial charge in [0.2, 0.25) is 11.9 Å². The Morgan fingerprint density at radius 1 is 1.57 bits per heavy atom. The van der Waals surface area contributed by atoms with Crippen LogP contribution in [0.4, 0.5) is 5.95 Å². The van der Waals surface area contributed by atoms with Crippen LogP contribution in [0.2, 0.25) is 0 Å². The number of aromatic amines is 1. The summed E-state index contributed by atoms with van der Waals surface area (Å²) in [6.45, 7) is 5.70. The highest BCUT2D eigenvalue weighted by molar-refractivity contribution is 9.10. The molecule has 5 nitrogen and oxygen atoms in total. The van der Waals surface area contributed by atoms with Crippen LogP contribution in [-0.2, 0) is 4.79 Å². The van der Waals surface area contributed by atoms with Gasteiger partial charge in [-0.2, -0.15) is 4.98 Å². The molecule has 0 fully saturated rings. The summed E-state index contributed by atoms with van der Waals surface area (Å²) in [5.74, 6) is 1.10. The molecule has 0 bridgehead atoms. The van der Waals surface area contributed by atoms with E-state index < -0.39 is 0 Å². The first kappa shape index (κ1) is 11.2. The van der Waals surface area contributed by atoms with Crippen LogP contribution in [0.25, 0.3) is 0 Å². The van der Waals surface area contributed by atoms with Crippen LogP contribution in [0.15, 0.2) is 0 Å². The summed E-state index contributed by atoms with van der Waals surface area (Å²) >= 11 is 3.29. The Morgan fingerprint density at radius 3 is 2.64 bits per heavy atom. The number of nitrogens with one attached hydrogen (secondary N) is 2. The molecule has 0 aromatic carbocycles. The highest BCUT2D eigenvalue weighted by Gasteiger charge is 2.19. The first-order valence-corrected chi connectivity index (χ1v) is 5.26. The molecule has 0 saturated heterocycles. The zero-order valence-corrected chi connectivity index (χ0v) is 9.92. The summed E-state index contributed by atoms with van der Waals surface area (Å²) in [6, 6.07) is 0. The van der Waals surface area contributed by atoms with Crippen LogP contribution >= 0.6 is 15.9 Å². The molecule has 1 aromatic rings. The van der Waals surface area contributed by atoms with Crippen LogP contribution in [0, 0.1) is 12.8 Å². The topological polar surface area (TPSA) is 70.7 Å². The lowest BCUT2D eigenvalue weighted by molar-refractivity contribution is -0.116. The largest absolute Gasteiger partial charge is 0.292 e. The fourth-order valence-electron chi connectivity index (χ4n) is 0.880. The monoisotopic (exact) mass is 260 g/mol. The quantitative estimate of drug-likeness (QED) is 0.809. The number of H-pyrrole nitrogens is 1. The van der Waals surface area contributed by atoms with Crippen molar-refractivity contribution >= 4 is 27.8 Å². The summed E-state index contributed by atoms with van der Waals surface area (Å²) in [5, 5.41) is 9.06. The average Bonchev–Trinajstić information content (AvgIpc) is 2.49. The summed E-state index contributed by atoms with van der Waals surface area (Å²) in [5.41, 5.74) is 0. The van der Waals surface area contributed by atoms with E-state index >= 15 is 0 Å². The number of aryl methyl sites for hydroxylation is 1. The predicted molar refractivity (Wildman–Crippen MR) is 57.3 cm³/mol. The Bertz CT molecular complexity index is 323. The van der Waals surface area contributed by atoms with Crippen LogP contribution in [0.5, 0.6) is 0 Å². The van der Waals surface area contributed by atoms with E-state index in [0.29, 0.717) is 11.8 Å². The lowest BCUT2D eigenvalue weighted by Crippen LogP contribution is -2.27. The zero-order chi connectivity index (χ0) is 10.7. The van der Waals surface area contributed by atoms with Crippen LogP contribution in [0.3, 0.4) is 0 Å². The van der Waals surface area contributed by atoms with Crippen LogP contribution in [-0.4, -0.2) is 25.9 Å². The first-order chi connectivity index (χ1) is 6.50. The number of amides is 1. The molecule has 0 aliphatic carbocycles. The van der Waals surface area contributed by atoms with E-state index in [-0.39, 0.29) is 16.7 Å². The van der Waals surface area contributed by atoms with Crippen molar-refractivity contribution in [2.45, 2.75) is 25.6 Å². The van der Waals surface area contributed by atoms with Gasteiger partial charge in [0.05, 0.1) is 4.83 Å². The van der Waals surface area contributed by atoms with Crippen molar-refractivity contribution in [2.24, 2.45) is 5.92 Å². The molecule has 0 saturated carbocycles. The number of anilines is 1. The van der Waals surface area contributed by atoms with E-state index in [1.165, 1.54) is 0 Å². The van der Waals surface area contributed by atoms with Gasteiger partial charge >= 0.3 is 0 Å². The molecule has 2 N–H and O–H groups in total. The third kappa shape index (κ3) is 2.80. The second-order valence-electron chi connectivity index (χ2n) is 3.38. The number of carbonyl (C=O) groups is 1. The van der Waals surface area contributed by atoms with Crippen molar-refractivity contribution in [1.82, 2.24) is 15.2 Å². The maximum atomic E-state index is 11.5. The normalized spacial score (nSPS) is 12.9. The van der Waals surface area contributed by atoms with Crippen molar-refractivity contribution < 1.29 is 4.79 Å². The van der Waals surface area contributed by atoms with Gasteiger partial charge in [-0.15, -0.1) is 5.10 Å². The molecular formula is C8H13BrN4O. The lowest BCUT2D eigenvalue weighted by Gasteiger charge is -2.11. The number of rotatable bonds is 3. The molecule has 1 amide bonds. The number of halogens is 1. The van der Waals surface area contributed by atoms with Crippen molar-refractivity contribution in [2.75, 3.05) is 5.32 Å². The minimum absolute atomic E-state index is 0.126. The Hall–Kier alpha value is -0.910. The van der Waals surface area contributed by atoms with Gasteiger partial charge in [-0.1, -0.05) is 29.8 Å². The minimum atomic E-state index is -0.221. The fraction of sp³-hybridized carbons (Fsp3) is 0.625. The first-order valence-electron chi connectivity index (χ1n) is 4.34. The molecule has 1 unspecified atom stereocenters. The average molecular weight is 261 g/mol. The van der Waals surface area contributed by atoms with Gasteiger partial charge in [0.1, 0.15) is 5.82 Å².